The first-order valence-corrected chi connectivity index (χ1v) is 6.50. The van der Waals surface area contributed by atoms with Gasteiger partial charge in [-0.25, -0.2) is 0 Å². The van der Waals surface area contributed by atoms with Gasteiger partial charge in [-0.15, -0.1) is 0 Å². The number of benzene rings is 1. The number of nitrogens with one attached hydrogen (secondary N) is 1. The monoisotopic (exact) mass is 292 g/mol. The second kappa shape index (κ2) is 5.82. The van der Waals surface area contributed by atoms with Crippen LogP contribution in [0.1, 0.15) is 19.3 Å². The molecule has 1 aromatic rings. The highest BCUT2D eigenvalue weighted by molar-refractivity contribution is 6.10. The summed E-state index contributed by atoms with van der Waals surface area (Å²) in [6.45, 7) is 0.184. The van der Waals surface area contributed by atoms with Crippen LogP contribution in [-0.4, -0.2) is 29.5 Å². The van der Waals surface area contributed by atoms with E-state index in [1.54, 1.807) is 24.3 Å². The van der Waals surface area contributed by atoms with Crippen LogP contribution in [0.25, 0.3) is 0 Å². The van der Waals surface area contributed by atoms with Crippen LogP contribution < -0.4 is 15.8 Å². The normalized spacial score (nSPS) is 15.0. The van der Waals surface area contributed by atoms with Crippen molar-refractivity contribution in [2.45, 2.75) is 19.3 Å². The highest BCUT2D eigenvalue weighted by atomic mass is 16.5. The molecule has 0 saturated heterocycles. The molecule has 0 heterocycles. The molecule has 0 unspecified atom stereocenters. The number of anilines is 1. The molecule has 0 aliphatic heterocycles. The zero-order valence-electron chi connectivity index (χ0n) is 11.3. The summed E-state index contributed by atoms with van der Waals surface area (Å²) in [5, 5.41) is 11.6. The van der Waals surface area contributed by atoms with E-state index in [9.17, 15) is 14.4 Å². The van der Waals surface area contributed by atoms with Crippen LogP contribution in [0.5, 0.6) is 5.75 Å². The largest absolute Gasteiger partial charge is 0.493 e. The van der Waals surface area contributed by atoms with Crippen molar-refractivity contribution in [2.75, 3.05) is 11.9 Å². The molecule has 1 aliphatic carbocycles. The lowest BCUT2D eigenvalue weighted by Gasteiger charge is -2.11. The van der Waals surface area contributed by atoms with E-state index < -0.39 is 23.2 Å². The molecule has 4 N–H and O–H groups in total. The van der Waals surface area contributed by atoms with Crippen LogP contribution in [-0.2, 0) is 14.4 Å². The fourth-order valence-electron chi connectivity index (χ4n) is 1.82. The van der Waals surface area contributed by atoms with Crippen molar-refractivity contribution in [2.24, 2.45) is 11.1 Å². The molecule has 7 nitrogen and oxygen atoms in total. The number of hydrogen-bond acceptors (Lipinski definition) is 4. The van der Waals surface area contributed by atoms with Gasteiger partial charge in [0.1, 0.15) is 11.2 Å². The van der Waals surface area contributed by atoms with Gasteiger partial charge in [0.15, 0.2) is 0 Å². The number of nitrogens with two attached hydrogens (primary N) is 1. The molecule has 0 aromatic heterocycles. The van der Waals surface area contributed by atoms with Gasteiger partial charge in [-0.2, -0.15) is 0 Å². The summed E-state index contributed by atoms with van der Waals surface area (Å²) in [6.07, 6.45) is 0.852. The molecule has 0 atom stereocenters. The van der Waals surface area contributed by atoms with Crippen LogP contribution in [0.4, 0.5) is 5.69 Å². The standard InChI is InChI=1S/C14H16N2O5/c15-11(17)5-8-21-10-3-1-9(2-4-10)16-12(18)14(6-7-14)13(19)20/h1-4H,5-8H2,(H2,15,17)(H,16,18)(H,19,20). The Morgan fingerprint density at radius 2 is 1.86 bits per heavy atom. The molecular formula is C14H16N2O5. The molecular weight excluding hydrogens is 276 g/mol. The van der Waals surface area contributed by atoms with Crippen molar-refractivity contribution in [3.05, 3.63) is 24.3 Å². The minimum atomic E-state index is -1.27. The van der Waals surface area contributed by atoms with E-state index in [-0.39, 0.29) is 13.0 Å². The molecule has 112 valence electrons. The highest BCUT2D eigenvalue weighted by Crippen LogP contribution is 2.46. The molecule has 1 aromatic carbocycles. The highest BCUT2D eigenvalue weighted by Gasteiger charge is 2.57. The Hall–Kier alpha value is -2.57. The number of ether oxygens (including phenoxy) is 1. The third-order valence-electron chi connectivity index (χ3n) is 3.32. The second-order valence-electron chi connectivity index (χ2n) is 4.93. The van der Waals surface area contributed by atoms with Gasteiger partial charge in [0.2, 0.25) is 11.8 Å². The Balaban J connectivity index is 1.89. The average molecular weight is 292 g/mol. The number of carboxylic acids is 1. The number of aliphatic carboxylic acids is 1. The average Bonchev–Trinajstić information content (AvgIpc) is 3.22. The van der Waals surface area contributed by atoms with Crippen molar-refractivity contribution in [1.29, 1.82) is 0 Å². The number of carboxylic acid groups (broad SMARTS) is 1. The fraction of sp³-hybridized carbons (Fsp3) is 0.357. The van der Waals surface area contributed by atoms with Crippen molar-refractivity contribution in [1.82, 2.24) is 0 Å². The van der Waals surface area contributed by atoms with E-state index in [4.69, 9.17) is 15.6 Å². The number of primary amides is 1. The summed E-state index contributed by atoms with van der Waals surface area (Å²) in [5.74, 6) is -1.50. The Kier molecular flexibility index (Phi) is 4.11. The molecule has 1 fully saturated rings. The summed E-state index contributed by atoms with van der Waals surface area (Å²) >= 11 is 0. The zero-order chi connectivity index (χ0) is 15.5. The summed E-state index contributed by atoms with van der Waals surface area (Å²) < 4.78 is 5.29. The minimum Gasteiger partial charge on any atom is -0.493 e. The Morgan fingerprint density at radius 1 is 1.24 bits per heavy atom. The van der Waals surface area contributed by atoms with Gasteiger partial charge in [0, 0.05) is 5.69 Å². The molecule has 7 heteroatoms. The molecule has 2 rings (SSSR count). The third kappa shape index (κ3) is 3.50. The van der Waals surface area contributed by atoms with E-state index >= 15 is 0 Å². The van der Waals surface area contributed by atoms with Gasteiger partial charge in [-0.3, -0.25) is 14.4 Å². The van der Waals surface area contributed by atoms with Crippen molar-refractivity contribution >= 4 is 23.5 Å². The number of carbonyl (C=O) groups is 3. The van der Waals surface area contributed by atoms with Crippen LogP contribution in [0.15, 0.2) is 24.3 Å². The van der Waals surface area contributed by atoms with Gasteiger partial charge in [-0.1, -0.05) is 0 Å². The first-order chi connectivity index (χ1) is 9.94. The van der Waals surface area contributed by atoms with Crippen molar-refractivity contribution in [3.8, 4) is 5.75 Å². The molecule has 0 bridgehead atoms. The summed E-state index contributed by atoms with van der Waals surface area (Å²) in [5.41, 5.74) is 4.22. The van der Waals surface area contributed by atoms with E-state index in [0.29, 0.717) is 24.3 Å². The fourth-order valence-corrected chi connectivity index (χ4v) is 1.82. The van der Waals surface area contributed by atoms with Crippen LogP contribution >= 0.6 is 0 Å². The zero-order valence-corrected chi connectivity index (χ0v) is 11.3. The topological polar surface area (TPSA) is 119 Å². The lowest BCUT2D eigenvalue weighted by atomic mass is 10.1. The first kappa shape index (κ1) is 14.8. The predicted molar refractivity (Wildman–Crippen MR) is 73.7 cm³/mol. The SMILES string of the molecule is NC(=O)CCOc1ccc(NC(=O)C2(C(=O)O)CC2)cc1. The minimum absolute atomic E-state index is 0.125. The van der Waals surface area contributed by atoms with Gasteiger partial charge < -0.3 is 20.9 Å². The molecule has 0 spiro atoms. The van der Waals surface area contributed by atoms with Crippen molar-refractivity contribution < 1.29 is 24.2 Å². The van der Waals surface area contributed by atoms with E-state index in [2.05, 4.69) is 5.32 Å². The molecule has 1 saturated carbocycles. The number of rotatable bonds is 7. The Bertz CT molecular complexity index is 563. The van der Waals surface area contributed by atoms with Gasteiger partial charge in [-0.05, 0) is 37.1 Å². The lowest BCUT2D eigenvalue weighted by molar-refractivity contribution is -0.147. The van der Waals surface area contributed by atoms with E-state index in [0.717, 1.165) is 0 Å². The van der Waals surface area contributed by atoms with Crippen molar-refractivity contribution in [3.63, 3.8) is 0 Å². The molecule has 2 amide bonds. The Labute approximate surface area is 121 Å². The van der Waals surface area contributed by atoms with E-state index in [1.165, 1.54) is 0 Å². The number of carbonyl (C=O) groups excluding carboxylic acids is 2. The summed E-state index contributed by atoms with van der Waals surface area (Å²) in [4.78, 5) is 33.5. The first-order valence-electron chi connectivity index (χ1n) is 6.50. The summed E-state index contributed by atoms with van der Waals surface area (Å²) in [7, 11) is 0. The maximum Gasteiger partial charge on any atom is 0.319 e. The maximum absolute atomic E-state index is 11.9. The van der Waals surface area contributed by atoms with Crippen LogP contribution in [0.3, 0.4) is 0 Å². The molecule has 21 heavy (non-hydrogen) atoms. The quantitative estimate of drug-likeness (QED) is 0.640. The Morgan fingerprint density at radius 3 is 2.33 bits per heavy atom. The summed E-state index contributed by atoms with van der Waals surface area (Å²) in [6, 6.07) is 6.46. The van der Waals surface area contributed by atoms with Crippen LogP contribution in [0.2, 0.25) is 0 Å². The molecule has 1 aliphatic rings. The lowest BCUT2D eigenvalue weighted by Crippen LogP contribution is -2.31. The number of amides is 2. The second-order valence-corrected chi connectivity index (χ2v) is 4.93. The third-order valence-corrected chi connectivity index (χ3v) is 3.32. The maximum atomic E-state index is 11.9. The number of hydrogen-bond donors (Lipinski definition) is 3. The van der Waals surface area contributed by atoms with Gasteiger partial charge >= 0.3 is 5.97 Å². The van der Waals surface area contributed by atoms with Gasteiger partial charge in [0.05, 0.1) is 13.0 Å². The van der Waals surface area contributed by atoms with Crippen LogP contribution in [0, 0.1) is 5.41 Å². The van der Waals surface area contributed by atoms with E-state index in [1.807, 2.05) is 0 Å². The predicted octanol–water partition coefficient (Wildman–Crippen LogP) is 0.744. The molecule has 0 radical (unpaired) electrons. The smallest absolute Gasteiger partial charge is 0.319 e. The van der Waals surface area contributed by atoms with Gasteiger partial charge in [0.25, 0.3) is 0 Å².